The number of nitrogens with two attached hydrogens (primary N) is 1. The van der Waals surface area contributed by atoms with E-state index in [0.29, 0.717) is 6.04 Å². The molecule has 0 bridgehead atoms. The van der Waals surface area contributed by atoms with Crippen molar-refractivity contribution in [2.75, 3.05) is 13.6 Å². The summed E-state index contributed by atoms with van der Waals surface area (Å²) in [5, 5.41) is 0. The Morgan fingerprint density at radius 1 is 1.21 bits per heavy atom. The Hall–Kier alpha value is -0.0800. The van der Waals surface area contributed by atoms with E-state index in [1.54, 1.807) is 0 Å². The highest BCUT2D eigenvalue weighted by Gasteiger charge is 2.15. The fraction of sp³-hybridized carbons (Fsp3) is 1.00. The minimum Gasteiger partial charge on any atom is -0.326 e. The van der Waals surface area contributed by atoms with Crippen molar-refractivity contribution in [2.45, 2.75) is 59.0 Å². The second-order valence-corrected chi connectivity index (χ2v) is 5.70. The molecule has 1 unspecified atom stereocenters. The summed E-state index contributed by atoms with van der Waals surface area (Å²) in [6.45, 7) is 12.1. The molecule has 0 saturated heterocycles. The Morgan fingerprint density at radius 3 is 2.07 bits per heavy atom. The highest BCUT2D eigenvalue weighted by Crippen LogP contribution is 2.12. The van der Waals surface area contributed by atoms with Gasteiger partial charge in [0.25, 0.3) is 0 Å². The highest BCUT2D eigenvalue weighted by molar-refractivity contribution is 4.75. The van der Waals surface area contributed by atoms with E-state index in [4.69, 9.17) is 5.73 Å². The molecule has 0 spiro atoms. The minimum absolute atomic E-state index is 0.0359. The average molecular weight is 200 g/mol. The smallest absolute Gasteiger partial charge is 0.0109 e. The van der Waals surface area contributed by atoms with Crippen LogP contribution in [0.1, 0.15) is 47.5 Å². The second kappa shape index (κ2) is 5.72. The van der Waals surface area contributed by atoms with Crippen LogP contribution in [0.2, 0.25) is 0 Å². The van der Waals surface area contributed by atoms with Crippen LogP contribution in [-0.4, -0.2) is 30.1 Å². The van der Waals surface area contributed by atoms with Gasteiger partial charge in [-0.05, 0) is 53.1 Å². The lowest BCUT2D eigenvalue weighted by Gasteiger charge is -2.29. The molecule has 0 aliphatic carbocycles. The molecule has 0 heterocycles. The minimum atomic E-state index is -0.0359. The lowest BCUT2D eigenvalue weighted by molar-refractivity contribution is 0.211. The first-order valence-corrected chi connectivity index (χ1v) is 5.71. The van der Waals surface area contributed by atoms with Crippen LogP contribution in [0.3, 0.4) is 0 Å². The van der Waals surface area contributed by atoms with Gasteiger partial charge in [-0.2, -0.15) is 0 Å². The lowest BCUT2D eigenvalue weighted by atomic mass is 10.0. The summed E-state index contributed by atoms with van der Waals surface area (Å²) in [6, 6.07) is 0.664. The van der Waals surface area contributed by atoms with Crippen molar-refractivity contribution in [1.29, 1.82) is 0 Å². The van der Waals surface area contributed by atoms with Gasteiger partial charge >= 0.3 is 0 Å². The molecule has 0 aliphatic rings. The third kappa shape index (κ3) is 7.34. The van der Waals surface area contributed by atoms with Crippen molar-refractivity contribution in [3.05, 3.63) is 0 Å². The Labute approximate surface area is 89.9 Å². The summed E-state index contributed by atoms with van der Waals surface area (Å²) >= 11 is 0. The summed E-state index contributed by atoms with van der Waals surface area (Å²) in [5.74, 6) is 0.776. The van der Waals surface area contributed by atoms with E-state index in [9.17, 15) is 0 Å². The van der Waals surface area contributed by atoms with Gasteiger partial charge in [0.2, 0.25) is 0 Å². The van der Waals surface area contributed by atoms with Crippen LogP contribution in [-0.2, 0) is 0 Å². The van der Waals surface area contributed by atoms with Crippen LogP contribution >= 0.6 is 0 Å². The highest BCUT2D eigenvalue weighted by atomic mass is 15.1. The molecule has 2 heteroatoms. The summed E-state index contributed by atoms with van der Waals surface area (Å²) in [7, 11) is 2.19. The molecule has 0 saturated carbocycles. The molecule has 1 atom stereocenters. The maximum atomic E-state index is 5.96. The first kappa shape index (κ1) is 13.9. The van der Waals surface area contributed by atoms with Gasteiger partial charge in [0.15, 0.2) is 0 Å². The van der Waals surface area contributed by atoms with Crippen LogP contribution in [0.25, 0.3) is 0 Å². The van der Waals surface area contributed by atoms with Gasteiger partial charge < -0.3 is 10.6 Å². The molecule has 0 aromatic rings. The number of rotatable bonds is 6. The van der Waals surface area contributed by atoms with Crippen LogP contribution in [0, 0.1) is 5.92 Å². The van der Waals surface area contributed by atoms with Gasteiger partial charge in [-0.25, -0.2) is 0 Å². The van der Waals surface area contributed by atoms with Crippen molar-refractivity contribution in [3.63, 3.8) is 0 Å². The number of hydrogen-bond acceptors (Lipinski definition) is 2. The van der Waals surface area contributed by atoms with Crippen LogP contribution < -0.4 is 5.73 Å². The summed E-state index contributed by atoms with van der Waals surface area (Å²) < 4.78 is 0. The summed E-state index contributed by atoms with van der Waals surface area (Å²) in [5.41, 5.74) is 5.92. The third-order valence-corrected chi connectivity index (χ3v) is 2.67. The standard InChI is InChI=1S/C12H28N2/c1-10(2)9-11(3)14(6)8-7-12(4,5)13/h10-11H,7-9,13H2,1-6H3. The van der Waals surface area contributed by atoms with Crippen molar-refractivity contribution < 1.29 is 0 Å². The zero-order chi connectivity index (χ0) is 11.4. The number of nitrogens with zero attached hydrogens (tertiary/aromatic N) is 1. The van der Waals surface area contributed by atoms with E-state index in [-0.39, 0.29) is 5.54 Å². The largest absolute Gasteiger partial charge is 0.326 e. The van der Waals surface area contributed by atoms with E-state index in [1.807, 2.05) is 0 Å². The molecule has 0 amide bonds. The maximum Gasteiger partial charge on any atom is 0.0109 e. The quantitative estimate of drug-likeness (QED) is 0.714. The molecule has 0 aliphatic heterocycles. The van der Waals surface area contributed by atoms with Crippen LogP contribution in [0.5, 0.6) is 0 Å². The molecule has 14 heavy (non-hydrogen) atoms. The fourth-order valence-electron chi connectivity index (χ4n) is 1.55. The zero-order valence-corrected chi connectivity index (χ0v) is 10.8. The predicted octanol–water partition coefficient (Wildman–Crippen LogP) is 2.48. The van der Waals surface area contributed by atoms with Crippen molar-refractivity contribution >= 4 is 0 Å². The molecule has 86 valence electrons. The monoisotopic (exact) mass is 200 g/mol. The van der Waals surface area contributed by atoms with Crippen molar-refractivity contribution in [1.82, 2.24) is 4.90 Å². The first-order chi connectivity index (χ1) is 6.22. The predicted molar refractivity (Wildman–Crippen MR) is 64.4 cm³/mol. The van der Waals surface area contributed by atoms with Crippen molar-refractivity contribution in [3.8, 4) is 0 Å². The van der Waals surface area contributed by atoms with E-state index in [1.165, 1.54) is 6.42 Å². The summed E-state index contributed by atoms with van der Waals surface area (Å²) in [6.07, 6.45) is 2.33. The zero-order valence-electron chi connectivity index (χ0n) is 10.8. The Kier molecular flexibility index (Phi) is 5.68. The molecular formula is C12H28N2. The third-order valence-electron chi connectivity index (χ3n) is 2.67. The van der Waals surface area contributed by atoms with Gasteiger partial charge in [0.05, 0.1) is 0 Å². The van der Waals surface area contributed by atoms with Gasteiger partial charge in [0.1, 0.15) is 0 Å². The molecule has 0 aromatic heterocycles. The van der Waals surface area contributed by atoms with Gasteiger partial charge in [-0.1, -0.05) is 13.8 Å². The molecule has 0 radical (unpaired) electrons. The van der Waals surface area contributed by atoms with E-state index < -0.39 is 0 Å². The normalized spacial score (nSPS) is 15.2. The molecule has 2 N–H and O–H groups in total. The van der Waals surface area contributed by atoms with Crippen LogP contribution in [0.4, 0.5) is 0 Å². The van der Waals surface area contributed by atoms with E-state index in [0.717, 1.165) is 18.9 Å². The van der Waals surface area contributed by atoms with Crippen LogP contribution in [0.15, 0.2) is 0 Å². The van der Waals surface area contributed by atoms with Crippen molar-refractivity contribution in [2.24, 2.45) is 11.7 Å². The molecule has 0 rings (SSSR count). The Morgan fingerprint density at radius 2 is 1.71 bits per heavy atom. The summed E-state index contributed by atoms with van der Waals surface area (Å²) in [4.78, 5) is 2.41. The fourth-order valence-corrected chi connectivity index (χ4v) is 1.55. The van der Waals surface area contributed by atoms with Gasteiger partial charge in [0, 0.05) is 11.6 Å². The second-order valence-electron chi connectivity index (χ2n) is 5.70. The van der Waals surface area contributed by atoms with Gasteiger partial charge in [-0.3, -0.25) is 0 Å². The topological polar surface area (TPSA) is 29.3 Å². The number of hydrogen-bond donors (Lipinski definition) is 1. The van der Waals surface area contributed by atoms with E-state index in [2.05, 4.69) is 46.6 Å². The maximum absolute atomic E-state index is 5.96. The van der Waals surface area contributed by atoms with Gasteiger partial charge in [-0.15, -0.1) is 0 Å². The Bertz CT molecular complexity index is 147. The molecule has 0 fully saturated rings. The van der Waals surface area contributed by atoms with E-state index >= 15 is 0 Å². The Balaban J connectivity index is 3.78. The average Bonchev–Trinajstić information content (AvgIpc) is 1.97. The molecule has 2 nitrogen and oxygen atoms in total. The first-order valence-electron chi connectivity index (χ1n) is 5.71. The SMILES string of the molecule is CC(C)CC(C)N(C)CCC(C)(C)N. The molecular weight excluding hydrogens is 172 g/mol. The molecule has 0 aromatic carbocycles. The lowest BCUT2D eigenvalue weighted by Crippen LogP contribution is -2.39.